The number of halogens is 1. The van der Waals surface area contributed by atoms with Gasteiger partial charge in [0.15, 0.2) is 0 Å². The van der Waals surface area contributed by atoms with Crippen molar-refractivity contribution in [1.29, 1.82) is 0 Å². The van der Waals surface area contributed by atoms with E-state index in [-0.39, 0.29) is 0 Å². The zero-order chi connectivity index (χ0) is 10.7. The van der Waals surface area contributed by atoms with Gasteiger partial charge in [0.25, 0.3) is 0 Å². The van der Waals surface area contributed by atoms with Crippen molar-refractivity contribution in [2.45, 2.75) is 13.8 Å². The van der Waals surface area contributed by atoms with Gasteiger partial charge in [0, 0.05) is 11.1 Å². The van der Waals surface area contributed by atoms with E-state index < -0.39 is 5.97 Å². The van der Waals surface area contributed by atoms with E-state index in [9.17, 15) is 4.79 Å². The molecule has 2 nitrogen and oxygen atoms in total. The Morgan fingerprint density at radius 2 is 1.93 bits per heavy atom. The first-order valence-corrected chi connectivity index (χ1v) is 4.56. The summed E-state index contributed by atoms with van der Waals surface area (Å²) in [5.41, 5.74) is 2.93. The number of carbonyl (C=O) groups is 1. The molecule has 3 heteroatoms. The van der Waals surface area contributed by atoms with Crippen LogP contribution < -0.4 is 0 Å². The van der Waals surface area contributed by atoms with E-state index in [1.54, 1.807) is 0 Å². The maximum atomic E-state index is 10.3. The highest BCUT2D eigenvalue weighted by molar-refractivity contribution is 6.32. The van der Waals surface area contributed by atoms with Gasteiger partial charge >= 0.3 is 5.97 Å². The fraction of sp³-hybridized carbons (Fsp3) is 0.182. The van der Waals surface area contributed by atoms with Crippen molar-refractivity contribution < 1.29 is 9.90 Å². The number of hydrogen-bond acceptors (Lipinski definition) is 1. The summed E-state index contributed by atoms with van der Waals surface area (Å²) in [6.45, 7) is 3.93. The minimum atomic E-state index is -0.973. The molecule has 0 aliphatic rings. The molecule has 0 saturated carbocycles. The molecule has 0 aliphatic heterocycles. The number of aryl methyl sites for hydroxylation is 2. The molecular weight excluding hydrogens is 200 g/mol. The Balaban J connectivity index is 3.10. The lowest BCUT2D eigenvalue weighted by Crippen LogP contribution is -1.88. The molecule has 0 radical (unpaired) electrons. The molecule has 1 aromatic rings. The van der Waals surface area contributed by atoms with E-state index in [0.29, 0.717) is 5.02 Å². The second-order valence-corrected chi connectivity index (χ2v) is 3.54. The van der Waals surface area contributed by atoms with Crippen LogP contribution in [0.4, 0.5) is 0 Å². The highest BCUT2D eigenvalue weighted by atomic mass is 35.5. The molecule has 0 amide bonds. The van der Waals surface area contributed by atoms with Gasteiger partial charge in [0.2, 0.25) is 0 Å². The maximum Gasteiger partial charge on any atom is 0.328 e. The second-order valence-electron chi connectivity index (χ2n) is 3.13. The number of carboxylic acids is 1. The highest BCUT2D eigenvalue weighted by Gasteiger charge is 2.00. The monoisotopic (exact) mass is 210 g/mol. The molecule has 0 aliphatic carbocycles. The molecule has 0 fully saturated rings. The Hall–Kier alpha value is -1.28. The molecule has 0 bridgehead atoms. The molecule has 0 aromatic heterocycles. The zero-order valence-electron chi connectivity index (χ0n) is 8.04. The van der Waals surface area contributed by atoms with Gasteiger partial charge in [-0.1, -0.05) is 17.7 Å². The van der Waals surface area contributed by atoms with Crippen LogP contribution in [-0.4, -0.2) is 11.1 Å². The Morgan fingerprint density at radius 1 is 1.36 bits per heavy atom. The molecule has 1 rings (SSSR count). The summed E-state index contributed by atoms with van der Waals surface area (Å²) in [5, 5.41) is 9.03. The Morgan fingerprint density at radius 3 is 2.50 bits per heavy atom. The molecule has 0 spiro atoms. The van der Waals surface area contributed by atoms with E-state index >= 15 is 0 Å². The van der Waals surface area contributed by atoms with Crippen molar-refractivity contribution in [2.24, 2.45) is 0 Å². The molecule has 0 unspecified atom stereocenters. The molecule has 1 aromatic carbocycles. The first kappa shape index (κ1) is 10.8. The number of hydrogen-bond donors (Lipinski definition) is 1. The van der Waals surface area contributed by atoms with Crippen LogP contribution in [0.2, 0.25) is 5.02 Å². The predicted molar refractivity (Wildman–Crippen MR) is 57.6 cm³/mol. The lowest BCUT2D eigenvalue weighted by molar-refractivity contribution is -0.131. The van der Waals surface area contributed by atoms with Crippen LogP contribution in [-0.2, 0) is 4.79 Å². The fourth-order valence-electron chi connectivity index (χ4n) is 1.09. The van der Waals surface area contributed by atoms with Crippen molar-refractivity contribution in [3.63, 3.8) is 0 Å². The van der Waals surface area contributed by atoms with Gasteiger partial charge in [-0.25, -0.2) is 4.79 Å². The van der Waals surface area contributed by atoms with Gasteiger partial charge in [-0.2, -0.15) is 0 Å². The number of rotatable bonds is 2. The van der Waals surface area contributed by atoms with Crippen LogP contribution in [0, 0.1) is 13.8 Å². The fourth-order valence-corrected chi connectivity index (χ4v) is 1.37. The minimum Gasteiger partial charge on any atom is -0.478 e. The van der Waals surface area contributed by atoms with E-state index in [1.807, 2.05) is 26.0 Å². The summed E-state index contributed by atoms with van der Waals surface area (Å²) in [4.78, 5) is 10.3. The lowest BCUT2D eigenvalue weighted by atomic mass is 10.1. The Bertz CT molecular complexity index is 395. The van der Waals surface area contributed by atoms with Crippen molar-refractivity contribution in [3.8, 4) is 0 Å². The number of benzene rings is 1. The summed E-state index contributed by atoms with van der Waals surface area (Å²) in [5.74, 6) is -0.973. The normalized spacial score (nSPS) is 10.8. The first-order chi connectivity index (χ1) is 6.50. The second kappa shape index (κ2) is 4.29. The molecule has 0 atom stereocenters. The first-order valence-electron chi connectivity index (χ1n) is 4.18. The smallest absolute Gasteiger partial charge is 0.328 e. The molecular formula is C11H11ClO2. The summed E-state index contributed by atoms with van der Waals surface area (Å²) in [6.07, 6.45) is 2.58. The van der Waals surface area contributed by atoms with Gasteiger partial charge < -0.3 is 5.11 Å². The van der Waals surface area contributed by atoms with Crippen molar-refractivity contribution in [3.05, 3.63) is 39.9 Å². The molecule has 0 saturated heterocycles. The number of aliphatic carboxylic acids is 1. The van der Waals surface area contributed by atoms with Crippen LogP contribution in [0.5, 0.6) is 0 Å². The van der Waals surface area contributed by atoms with E-state index in [4.69, 9.17) is 16.7 Å². The average molecular weight is 211 g/mol. The Kier molecular flexibility index (Phi) is 3.31. The van der Waals surface area contributed by atoms with Gasteiger partial charge in [0.05, 0.1) is 0 Å². The third kappa shape index (κ3) is 2.60. The van der Waals surface area contributed by atoms with Crippen LogP contribution in [0.25, 0.3) is 6.08 Å². The van der Waals surface area contributed by atoms with Crippen molar-refractivity contribution in [1.82, 2.24) is 0 Å². The van der Waals surface area contributed by atoms with Gasteiger partial charge in [-0.05, 0) is 42.7 Å². The average Bonchev–Trinajstić information content (AvgIpc) is 2.09. The van der Waals surface area contributed by atoms with Gasteiger partial charge in [-0.3, -0.25) is 0 Å². The summed E-state index contributed by atoms with van der Waals surface area (Å²) < 4.78 is 0. The third-order valence-electron chi connectivity index (χ3n) is 2.02. The van der Waals surface area contributed by atoms with E-state index in [1.165, 1.54) is 6.08 Å². The zero-order valence-corrected chi connectivity index (χ0v) is 8.80. The lowest BCUT2D eigenvalue weighted by Gasteiger charge is -2.03. The van der Waals surface area contributed by atoms with Crippen LogP contribution >= 0.6 is 11.6 Å². The van der Waals surface area contributed by atoms with Crippen molar-refractivity contribution >= 4 is 23.6 Å². The SMILES string of the molecule is Cc1cc(Cl)c(/C=C/C(=O)O)cc1C. The molecule has 14 heavy (non-hydrogen) atoms. The van der Waals surface area contributed by atoms with Crippen molar-refractivity contribution in [2.75, 3.05) is 0 Å². The summed E-state index contributed by atoms with van der Waals surface area (Å²) in [6, 6.07) is 3.70. The van der Waals surface area contributed by atoms with Gasteiger partial charge in [0.1, 0.15) is 0 Å². The number of carboxylic acid groups (broad SMARTS) is 1. The van der Waals surface area contributed by atoms with Crippen LogP contribution in [0.3, 0.4) is 0 Å². The quantitative estimate of drug-likeness (QED) is 0.762. The van der Waals surface area contributed by atoms with Gasteiger partial charge in [-0.15, -0.1) is 0 Å². The van der Waals surface area contributed by atoms with E-state index in [2.05, 4.69) is 0 Å². The highest BCUT2D eigenvalue weighted by Crippen LogP contribution is 2.21. The minimum absolute atomic E-state index is 0.575. The molecule has 74 valence electrons. The largest absolute Gasteiger partial charge is 0.478 e. The maximum absolute atomic E-state index is 10.3. The predicted octanol–water partition coefficient (Wildman–Crippen LogP) is 3.05. The van der Waals surface area contributed by atoms with Crippen LogP contribution in [0.1, 0.15) is 16.7 Å². The summed E-state index contributed by atoms with van der Waals surface area (Å²) in [7, 11) is 0. The third-order valence-corrected chi connectivity index (χ3v) is 2.35. The Labute approximate surface area is 87.8 Å². The van der Waals surface area contributed by atoms with Crippen LogP contribution in [0.15, 0.2) is 18.2 Å². The molecule has 1 N–H and O–H groups in total. The standard InChI is InChI=1S/C11H11ClO2/c1-7-5-9(3-4-11(13)14)10(12)6-8(7)2/h3-6H,1-2H3,(H,13,14)/b4-3+. The van der Waals surface area contributed by atoms with E-state index in [0.717, 1.165) is 22.8 Å². The summed E-state index contributed by atoms with van der Waals surface area (Å²) >= 11 is 5.94. The topological polar surface area (TPSA) is 37.3 Å². The molecule has 0 heterocycles.